The number of aryl methyl sites for hydroxylation is 1. The minimum atomic E-state index is -0.306. The van der Waals surface area contributed by atoms with E-state index >= 15 is 0 Å². The number of aromatic nitrogens is 1. The van der Waals surface area contributed by atoms with E-state index in [0.29, 0.717) is 38.3 Å². The van der Waals surface area contributed by atoms with Gasteiger partial charge < -0.3 is 14.5 Å². The molecule has 2 rings (SSSR count). The van der Waals surface area contributed by atoms with E-state index in [1.54, 1.807) is 35.2 Å². The molecule has 1 aliphatic heterocycles. The van der Waals surface area contributed by atoms with Crippen LogP contribution in [-0.4, -0.2) is 59.6 Å². The molecule has 20 heavy (non-hydrogen) atoms. The molecule has 0 radical (unpaired) electrons. The Morgan fingerprint density at radius 1 is 1.25 bits per heavy atom. The number of hydrogen-bond donors (Lipinski definition) is 0. The van der Waals surface area contributed by atoms with Crippen molar-refractivity contribution in [1.29, 1.82) is 0 Å². The van der Waals surface area contributed by atoms with Crippen LogP contribution in [-0.2, 0) is 4.74 Å². The first kappa shape index (κ1) is 14.3. The highest BCUT2D eigenvalue weighted by molar-refractivity contribution is 5.95. The van der Waals surface area contributed by atoms with Crippen LogP contribution in [0.15, 0.2) is 18.5 Å². The van der Waals surface area contributed by atoms with Gasteiger partial charge in [-0.1, -0.05) is 0 Å². The van der Waals surface area contributed by atoms with Gasteiger partial charge in [-0.25, -0.2) is 4.79 Å². The van der Waals surface area contributed by atoms with Crippen LogP contribution < -0.4 is 0 Å². The van der Waals surface area contributed by atoms with Crippen LogP contribution in [0.2, 0.25) is 0 Å². The molecule has 0 spiro atoms. The number of carbonyl (C=O) groups excluding carboxylic acids is 2. The van der Waals surface area contributed by atoms with Gasteiger partial charge in [0.15, 0.2) is 0 Å². The van der Waals surface area contributed by atoms with E-state index in [0.717, 1.165) is 5.56 Å². The Morgan fingerprint density at radius 3 is 2.50 bits per heavy atom. The average Bonchev–Trinajstić information content (AvgIpc) is 2.47. The molecule has 1 fully saturated rings. The van der Waals surface area contributed by atoms with Gasteiger partial charge in [0.25, 0.3) is 5.91 Å². The molecule has 1 aromatic heterocycles. The molecule has 0 aromatic carbocycles. The van der Waals surface area contributed by atoms with Crippen molar-refractivity contribution >= 4 is 12.0 Å². The van der Waals surface area contributed by atoms with E-state index in [9.17, 15) is 9.59 Å². The molecule has 1 aliphatic rings. The van der Waals surface area contributed by atoms with Crippen molar-refractivity contribution in [2.24, 2.45) is 0 Å². The fraction of sp³-hybridized carbons (Fsp3) is 0.500. The first-order valence-electron chi connectivity index (χ1n) is 6.75. The zero-order valence-electron chi connectivity index (χ0n) is 11.8. The van der Waals surface area contributed by atoms with Crippen LogP contribution in [0.5, 0.6) is 0 Å². The van der Waals surface area contributed by atoms with Gasteiger partial charge in [-0.15, -0.1) is 0 Å². The lowest BCUT2D eigenvalue weighted by Gasteiger charge is -2.34. The molecule has 0 N–H and O–H groups in total. The molecule has 2 amide bonds. The van der Waals surface area contributed by atoms with Gasteiger partial charge in [-0.3, -0.25) is 9.78 Å². The summed E-state index contributed by atoms with van der Waals surface area (Å²) >= 11 is 0. The summed E-state index contributed by atoms with van der Waals surface area (Å²) in [5.41, 5.74) is 1.54. The SMILES string of the molecule is CCOC(=O)N1CCN(C(=O)c2ccncc2C)CC1. The van der Waals surface area contributed by atoms with Gasteiger partial charge in [0, 0.05) is 44.1 Å². The van der Waals surface area contributed by atoms with E-state index in [2.05, 4.69) is 4.98 Å². The Bertz CT molecular complexity index is 496. The lowest BCUT2D eigenvalue weighted by Crippen LogP contribution is -2.50. The number of rotatable bonds is 2. The predicted octanol–water partition coefficient (Wildman–Crippen LogP) is 1.30. The van der Waals surface area contributed by atoms with Crippen molar-refractivity contribution in [3.8, 4) is 0 Å². The Balaban J connectivity index is 1.96. The van der Waals surface area contributed by atoms with Gasteiger partial charge >= 0.3 is 6.09 Å². The minimum Gasteiger partial charge on any atom is -0.450 e. The summed E-state index contributed by atoms with van der Waals surface area (Å²) in [4.78, 5) is 31.4. The summed E-state index contributed by atoms with van der Waals surface area (Å²) in [7, 11) is 0. The Kier molecular flexibility index (Phi) is 4.55. The molecule has 0 bridgehead atoms. The molecule has 0 aliphatic carbocycles. The van der Waals surface area contributed by atoms with Crippen LogP contribution in [0.3, 0.4) is 0 Å². The average molecular weight is 277 g/mol. The smallest absolute Gasteiger partial charge is 0.409 e. The van der Waals surface area contributed by atoms with Gasteiger partial charge in [-0.05, 0) is 25.5 Å². The fourth-order valence-electron chi connectivity index (χ4n) is 2.19. The molecular formula is C14H19N3O3. The molecule has 2 heterocycles. The maximum Gasteiger partial charge on any atom is 0.409 e. The number of nitrogens with zero attached hydrogens (tertiary/aromatic N) is 3. The molecule has 6 nitrogen and oxygen atoms in total. The molecule has 1 aromatic rings. The molecule has 0 unspecified atom stereocenters. The first-order valence-corrected chi connectivity index (χ1v) is 6.75. The third-order valence-electron chi connectivity index (χ3n) is 3.34. The summed E-state index contributed by atoms with van der Waals surface area (Å²) in [6.07, 6.45) is 3.00. The molecule has 108 valence electrons. The number of amides is 2. The van der Waals surface area contributed by atoms with Crippen molar-refractivity contribution in [2.75, 3.05) is 32.8 Å². The van der Waals surface area contributed by atoms with E-state index < -0.39 is 0 Å². The quantitative estimate of drug-likeness (QED) is 0.817. The molecular weight excluding hydrogens is 258 g/mol. The molecule has 1 saturated heterocycles. The topological polar surface area (TPSA) is 62.7 Å². The van der Waals surface area contributed by atoms with Crippen LogP contribution in [0.1, 0.15) is 22.8 Å². The lowest BCUT2D eigenvalue weighted by atomic mass is 10.1. The van der Waals surface area contributed by atoms with Crippen LogP contribution >= 0.6 is 0 Å². The highest BCUT2D eigenvalue weighted by Crippen LogP contribution is 2.12. The second-order valence-corrected chi connectivity index (χ2v) is 4.67. The number of hydrogen-bond acceptors (Lipinski definition) is 4. The third kappa shape index (κ3) is 3.07. The van der Waals surface area contributed by atoms with Crippen LogP contribution in [0, 0.1) is 6.92 Å². The van der Waals surface area contributed by atoms with Crippen LogP contribution in [0.4, 0.5) is 4.79 Å². The van der Waals surface area contributed by atoms with Crippen molar-refractivity contribution in [2.45, 2.75) is 13.8 Å². The van der Waals surface area contributed by atoms with Gasteiger partial charge in [0.2, 0.25) is 0 Å². The van der Waals surface area contributed by atoms with Crippen molar-refractivity contribution in [3.05, 3.63) is 29.6 Å². The lowest BCUT2D eigenvalue weighted by molar-refractivity contribution is 0.0570. The van der Waals surface area contributed by atoms with Crippen molar-refractivity contribution < 1.29 is 14.3 Å². The predicted molar refractivity (Wildman–Crippen MR) is 73.5 cm³/mol. The number of piperazine rings is 1. The fourth-order valence-corrected chi connectivity index (χ4v) is 2.19. The zero-order chi connectivity index (χ0) is 14.5. The summed E-state index contributed by atoms with van der Waals surface area (Å²) < 4.78 is 4.96. The second-order valence-electron chi connectivity index (χ2n) is 4.67. The molecule has 0 atom stereocenters. The maximum absolute atomic E-state index is 12.4. The van der Waals surface area contributed by atoms with Gasteiger partial charge in [0.1, 0.15) is 0 Å². The summed E-state index contributed by atoms with van der Waals surface area (Å²) in [5.74, 6) is -0.00610. The maximum atomic E-state index is 12.4. The standard InChI is InChI=1S/C14H19N3O3/c1-3-20-14(19)17-8-6-16(7-9-17)13(18)12-4-5-15-10-11(12)2/h4-5,10H,3,6-9H2,1-2H3. The van der Waals surface area contributed by atoms with E-state index in [4.69, 9.17) is 4.74 Å². The number of ether oxygens (including phenoxy) is 1. The Morgan fingerprint density at radius 2 is 1.90 bits per heavy atom. The van der Waals surface area contributed by atoms with Crippen molar-refractivity contribution in [1.82, 2.24) is 14.8 Å². The normalized spacial score (nSPS) is 15.1. The number of carbonyl (C=O) groups is 2. The van der Waals surface area contributed by atoms with E-state index in [1.807, 2.05) is 6.92 Å². The summed E-state index contributed by atoms with van der Waals surface area (Å²) in [5, 5.41) is 0. The third-order valence-corrected chi connectivity index (χ3v) is 3.34. The van der Waals surface area contributed by atoms with E-state index in [-0.39, 0.29) is 12.0 Å². The highest BCUT2D eigenvalue weighted by atomic mass is 16.6. The molecule has 0 saturated carbocycles. The van der Waals surface area contributed by atoms with Gasteiger partial charge in [-0.2, -0.15) is 0 Å². The summed E-state index contributed by atoms with van der Waals surface area (Å²) in [6, 6.07) is 1.73. The Labute approximate surface area is 118 Å². The Hall–Kier alpha value is -2.11. The van der Waals surface area contributed by atoms with Crippen molar-refractivity contribution in [3.63, 3.8) is 0 Å². The largest absolute Gasteiger partial charge is 0.450 e. The van der Waals surface area contributed by atoms with Gasteiger partial charge in [0.05, 0.1) is 6.61 Å². The van der Waals surface area contributed by atoms with E-state index in [1.165, 1.54) is 0 Å². The summed E-state index contributed by atoms with van der Waals surface area (Å²) in [6.45, 7) is 6.09. The first-order chi connectivity index (χ1) is 9.63. The zero-order valence-corrected chi connectivity index (χ0v) is 11.8. The molecule has 6 heteroatoms. The number of pyridine rings is 1. The minimum absolute atomic E-state index is 0.00610. The van der Waals surface area contributed by atoms with Crippen LogP contribution in [0.25, 0.3) is 0 Å². The highest BCUT2D eigenvalue weighted by Gasteiger charge is 2.25. The monoisotopic (exact) mass is 277 g/mol. The second kappa shape index (κ2) is 6.36.